The first-order valence-electron chi connectivity index (χ1n) is 6.91. The Labute approximate surface area is 134 Å². The highest BCUT2D eigenvalue weighted by atomic mass is 16.7. The normalized spacial score (nSPS) is 9.78. The van der Waals surface area contributed by atoms with Gasteiger partial charge in [-0.3, -0.25) is 0 Å². The Balaban J connectivity index is 1.86. The number of hydrogen-bond donors (Lipinski definition) is 0. The summed E-state index contributed by atoms with van der Waals surface area (Å²) < 4.78 is 15.1. The molecule has 5 heteroatoms. The van der Waals surface area contributed by atoms with Gasteiger partial charge >= 0.3 is 12.1 Å². The van der Waals surface area contributed by atoms with Crippen LogP contribution in [-0.2, 0) is 16.1 Å². The standard InChI is InChI=1S/C18H16O5/c1-13(2)17(19)21-12-14-8-10-16(11-9-14)23-18(20)22-15-6-4-3-5-7-15/h3-11H,1,12H2,2H3. The Morgan fingerprint density at radius 1 is 0.913 bits per heavy atom. The smallest absolute Gasteiger partial charge is 0.457 e. The van der Waals surface area contributed by atoms with Crippen molar-refractivity contribution in [3.63, 3.8) is 0 Å². The maximum atomic E-state index is 11.6. The zero-order chi connectivity index (χ0) is 16.7. The molecule has 0 fully saturated rings. The summed E-state index contributed by atoms with van der Waals surface area (Å²) in [6.07, 6.45) is -0.822. The van der Waals surface area contributed by atoms with Crippen molar-refractivity contribution in [1.82, 2.24) is 0 Å². The first kappa shape index (κ1) is 16.3. The Morgan fingerprint density at radius 3 is 2.04 bits per heavy atom. The predicted molar refractivity (Wildman–Crippen MR) is 84.1 cm³/mol. The lowest BCUT2D eigenvalue weighted by Crippen LogP contribution is -2.13. The van der Waals surface area contributed by atoms with Crippen LogP contribution >= 0.6 is 0 Å². The van der Waals surface area contributed by atoms with E-state index in [2.05, 4.69) is 6.58 Å². The molecule has 0 N–H and O–H groups in total. The molecule has 0 saturated heterocycles. The summed E-state index contributed by atoms with van der Waals surface area (Å²) in [6.45, 7) is 5.21. The van der Waals surface area contributed by atoms with E-state index < -0.39 is 12.1 Å². The molecule has 5 nitrogen and oxygen atoms in total. The minimum absolute atomic E-state index is 0.125. The van der Waals surface area contributed by atoms with Crippen LogP contribution in [0, 0.1) is 0 Å². The number of benzene rings is 2. The fourth-order valence-corrected chi connectivity index (χ4v) is 1.63. The van der Waals surface area contributed by atoms with Crippen molar-refractivity contribution < 1.29 is 23.8 Å². The topological polar surface area (TPSA) is 61.8 Å². The molecule has 0 radical (unpaired) electrons. The van der Waals surface area contributed by atoms with Crippen molar-refractivity contribution in [3.05, 3.63) is 72.3 Å². The minimum atomic E-state index is -0.822. The molecule has 118 valence electrons. The highest BCUT2D eigenvalue weighted by molar-refractivity contribution is 5.86. The fourth-order valence-electron chi connectivity index (χ4n) is 1.63. The van der Waals surface area contributed by atoms with Gasteiger partial charge in [-0.25, -0.2) is 9.59 Å². The molecule has 2 rings (SSSR count). The Kier molecular flexibility index (Phi) is 5.52. The molecule has 0 aliphatic heterocycles. The van der Waals surface area contributed by atoms with Crippen molar-refractivity contribution >= 4 is 12.1 Å². The van der Waals surface area contributed by atoms with Gasteiger partial charge in [0.1, 0.15) is 18.1 Å². The molecule has 0 saturated carbocycles. The molecule has 0 heterocycles. The van der Waals surface area contributed by atoms with E-state index in [0.29, 0.717) is 17.1 Å². The van der Waals surface area contributed by atoms with Gasteiger partial charge in [-0.05, 0) is 36.8 Å². The SMILES string of the molecule is C=C(C)C(=O)OCc1ccc(OC(=O)Oc2ccccc2)cc1. The molecule has 0 aliphatic carbocycles. The molecule has 0 aliphatic rings. The maximum Gasteiger partial charge on any atom is 0.519 e. The zero-order valence-electron chi connectivity index (χ0n) is 12.7. The van der Waals surface area contributed by atoms with Crippen molar-refractivity contribution in [2.24, 2.45) is 0 Å². The lowest BCUT2D eigenvalue weighted by Gasteiger charge is -2.07. The summed E-state index contributed by atoms with van der Waals surface area (Å²) in [5.74, 6) is 0.290. The van der Waals surface area contributed by atoms with Gasteiger partial charge < -0.3 is 14.2 Å². The Bertz CT molecular complexity index is 689. The van der Waals surface area contributed by atoms with Crippen LogP contribution in [0.25, 0.3) is 0 Å². The molecular formula is C18H16O5. The average Bonchev–Trinajstić information content (AvgIpc) is 2.54. The van der Waals surface area contributed by atoms with E-state index in [1.165, 1.54) is 0 Å². The average molecular weight is 312 g/mol. The second-order valence-corrected chi connectivity index (χ2v) is 4.77. The third-order valence-corrected chi connectivity index (χ3v) is 2.79. The summed E-state index contributed by atoms with van der Waals surface area (Å²) in [7, 11) is 0. The highest BCUT2D eigenvalue weighted by Gasteiger charge is 2.08. The fraction of sp³-hybridized carbons (Fsp3) is 0.111. The van der Waals surface area contributed by atoms with Gasteiger partial charge in [0.2, 0.25) is 0 Å². The first-order chi connectivity index (χ1) is 11.0. The van der Waals surface area contributed by atoms with Crippen LogP contribution in [0.4, 0.5) is 4.79 Å². The summed E-state index contributed by atoms with van der Waals surface area (Å²) in [5, 5.41) is 0. The predicted octanol–water partition coefficient (Wildman–Crippen LogP) is 3.88. The lowest BCUT2D eigenvalue weighted by molar-refractivity contribution is -0.140. The van der Waals surface area contributed by atoms with Crippen LogP contribution in [-0.4, -0.2) is 12.1 Å². The third-order valence-electron chi connectivity index (χ3n) is 2.79. The van der Waals surface area contributed by atoms with E-state index in [1.807, 2.05) is 6.07 Å². The molecule has 0 atom stereocenters. The van der Waals surface area contributed by atoms with Crippen molar-refractivity contribution in [2.75, 3.05) is 0 Å². The van der Waals surface area contributed by atoms with Gasteiger partial charge in [0.25, 0.3) is 0 Å². The molecule has 2 aromatic rings. The van der Waals surface area contributed by atoms with E-state index in [-0.39, 0.29) is 6.61 Å². The molecule has 0 amide bonds. The molecule has 23 heavy (non-hydrogen) atoms. The van der Waals surface area contributed by atoms with Crippen LogP contribution < -0.4 is 9.47 Å². The van der Waals surface area contributed by atoms with E-state index in [4.69, 9.17) is 14.2 Å². The minimum Gasteiger partial charge on any atom is -0.457 e. The van der Waals surface area contributed by atoms with Gasteiger partial charge in [-0.2, -0.15) is 0 Å². The van der Waals surface area contributed by atoms with E-state index in [1.54, 1.807) is 55.5 Å². The zero-order valence-corrected chi connectivity index (χ0v) is 12.7. The number of carbonyl (C=O) groups is 2. The van der Waals surface area contributed by atoms with Crippen molar-refractivity contribution in [2.45, 2.75) is 13.5 Å². The van der Waals surface area contributed by atoms with Crippen molar-refractivity contribution in [1.29, 1.82) is 0 Å². The number of ether oxygens (including phenoxy) is 3. The number of esters is 1. The lowest BCUT2D eigenvalue weighted by atomic mass is 10.2. The van der Waals surface area contributed by atoms with Gasteiger partial charge in [0, 0.05) is 5.57 Å². The number of hydrogen-bond acceptors (Lipinski definition) is 5. The summed E-state index contributed by atoms with van der Waals surface area (Å²) in [5.41, 5.74) is 1.11. The van der Waals surface area contributed by atoms with Crippen LogP contribution in [0.15, 0.2) is 66.7 Å². The first-order valence-corrected chi connectivity index (χ1v) is 6.91. The van der Waals surface area contributed by atoms with Crippen LogP contribution in [0.5, 0.6) is 11.5 Å². The van der Waals surface area contributed by atoms with Crippen molar-refractivity contribution in [3.8, 4) is 11.5 Å². The van der Waals surface area contributed by atoms with E-state index in [9.17, 15) is 9.59 Å². The Hall–Kier alpha value is -3.08. The highest BCUT2D eigenvalue weighted by Crippen LogP contribution is 2.15. The maximum absolute atomic E-state index is 11.6. The molecule has 2 aromatic carbocycles. The molecule has 0 bridgehead atoms. The number of para-hydroxylation sites is 1. The third kappa shape index (κ3) is 5.32. The van der Waals surface area contributed by atoms with E-state index >= 15 is 0 Å². The molecule has 0 unspecified atom stereocenters. The summed E-state index contributed by atoms with van der Waals surface area (Å²) in [4.78, 5) is 22.9. The van der Waals surface area contributed by atoms with Crippen LogP contribution in [0.2, 0.25) is 0 Å². The van der Waals surface area contributed by atoms with Crippen LogP contribution in [0.3, 0.4) is 0 Å². The van der Waals surface area contributed by atoms with Gasteiger partial charge in [-0.1, -0.05) is 36.9 Å². The summed E-state index contributed by atoms with van der Waals surface area (Å²) >= 11 is 0. The van der Waals surface area contributed by atoms with E-state index in [0.717, 1.165) is 5.56 Å². The Morgan fingerprint density at radius 2 is 1.48 bits per heavy atom. The number of rotatable bonds is 5. The summed E-state index contributed by atoms with van der Waals surface area (Å²) in [6, 6.07) is 15.2. The second-order valence-electron chi connectivity index (χ2n) is 4.77. The largest absolute Gasteiger partial charge is 0.519 e. The molecule has 0 spiro atoms. The van der Waals surface area contributed by atoms with Crippen LogP contribution in [0.1, 0.15) is 12.5 Å². The number of carbonyl (C=O) groups excluding carboxylic acids is 2. The van der Waals surface area contributed by atoms with Gasteiger partial charge in [0.05, 0.1) is 0 Å². The second kappa shape index (κ2) is 7.79. The molecule has 0 aromatic heterocycles. The molecular weight excluding hydrogens is 296 g/mol. The van der Waals surface area contributed by atoms with Gasteiger partial charge in [0.15, 0.2) is 0 Å². The monoisotopic (exact) mass is 312 g/mol. The van der Waals surface area contributed by atoms with Gasteiger partial charge in [-0.15, -0.1) is 0 Å². The quantitative estimate of drug-likeness (QED) is 0.476.